The quantitative estimate of drug-likeness (QED) is 0.693. The van der Waals surface area contributed by atoms with Gasteiger partial charge in [0.1, 0.15) is 11.0 Å². The largest absolute Gasteiger partial charge is 0.236 e. The Hall–Kier alpha value is -1.48. The van der Waals surface area contributed by atoms with Crippen LogP contribution < -0.4 is 0 Å². The Labute approximate surface area is 91.8 Å². The van der Waals surface area contributed by atoms with Crippen molar-refractivity contribution in [2.24, 2.45) is 0 Å². The van der Waals surface area contributed by atoms with Gasteiger partial charge >= 0.3 is 0 Å². The number of aryl methyl sites for hydroxylation is 1. The topological polar surface area (TPSA) is 25.8 Å². The molecule has 0 atom stereocenters. The number of nitrogens with zero attached hydrogens (tertiary/aromatic N) is 2. The van der Waals surface area contributed by atoms with Crippen molar-refractivity contribution in [2.75, 3.05) is 0 Å². The van der Waals surface area contributed by atoms with Crippen LogP contribution in [0, 0.1) is 12.7 Å². The molecule has 1 heterocycles. The van der Waals surface area contributed by atoms with Crippen molar-refractivity contribution >= 4 is 11.6 Å². The molecule has 4 heteroatoms. The minimum absolute atomic E-state index is 0.306. The van der Waals surface area contributed by atoms with Gasteiger partial charge in [0.2, 0.25) is 0 Å². The summed E-state index contributed by atoms with van der Waals surface area (Å²) in [6, 6.07) is 6.08. The summed E-state index contributed by atoms with van der Waals surface area (Å²) >= 11 is 5.74. The molecule has 2 nitrogen and oxygen atoms in total. The van der Waals surface area contributed by atoms with Crippen molar-refractivity contribution in [3.8, 4) is 11.4 Å². The summed E-state index contributed by atoms with van der Waals surface area (Å²) in [5.41, 5.74) is 1.58. The molecule has 0 radical (unpaired) electrons. The lowest BCUT2D eigenvalue weighted by atomic mass is 10.1. The van der Waals surface area contributed by atoms with E-state index in [1.54, 1.807) is 18.3 Å². The summed E-state index contributed by atoms with van der Waals surface area (Å²) in [5.74, 6) is 0.138. The van der Waals surface area contributed by atoms with Gasteiger partial charge in [-0.2, -0.15) is 0 Å². The van der Waals surface area contributed by atoms with Crippen LogP contribution in [0.5, 0.6) is 0 Å². The van der Waals surface area contributed by atoms with Crippen molar-refractivity contribution in [1.82, 2.24) is 9.97 Å². The molecule has 0 saturated carbocycles. The van der Waals surface area contributed by atoms with Crippen molar-refractivity contribution in [3.05, 3.63) is 47.0 Å². The van der Waals surface area contributed by atoms with Crippen molar-refractivity contribution in [1.29, 1.82) is 0 Å². The average Bonchev–Trinajstić information content (AvgIpc) is 2.22. The maximum absolute atomic E-state index is 13.0. The first-order valence-corrected chi connectivity index (χ1v) is 4.79. The molecule has 0 N–H and O–H groups in total. The summed E-state index contributed by atoms with van der Waals surface area (Å²) < 4.78 is 13.0. The van der Waals surface area contributed by atoms with Crippen LogP contribution in [0.2, 0.25) is 5.15 Å². The SMILES string of the molecule is Cc1ccc(F)cc1-c1nccc(Cl)n1. The monoisotopic (exact) mass is 222 g/mol. The lowest BCUT2D eigenvalue weighted by molar-refractivity contribution is 0.627. The fourth-order valence-corrected chi connectivity index (χ4v) is 1.44. The summed E-state index contributed by atoms with van der Waals surface area (Å²) in [6.07, 6.45) is 1.55. The molecule has 0 amide bonds. The Balaban J connectivity index is 2.58. The molecule has 1 aromatic carbocycles. The van der Waals surface area contributed by atoms with Gasteiger partial charge in [-0.15, -0.1) is 0 Å². The summed E-state index contributed by atoms with van der Waals surface area (Å²) in [7, 11) is 0. The molecule has 0 aliphatic carbocycles. The third kappa shape index (κ3) is 2.13. The predicted molar refractivity (Wildman–Crippen MR) is 57.2 cm³/mol. The van der Waals surface area contributed by atoms with Crippen LogP contribution in [0.4, 0.5) is 4.39 Å². The first kappa shape index (κ1) is 10.1. The van der Waals surface area contributed by atoms with Gasteiger partial charge in [0.15, 0.2) is 5.82 Å². The minimum atomic E-state index is -0.306. The summed E-state index contributed by atoms with van der Waals surface area (Å²) in [6.45, 7) is 1.87. The second-order valence-corrected chi connectivity index (χ2v) is 3.55. The molecule has 2 aromatic rings. The first-order valence-electron chi connectivity index (χ1n) is 4.42. The molecule has 0 saturated heterocycles. The maximum Gasteiger partial charge on any atom is 0.161 e. The second kappa shape index (κ2) is 3.95. The molecule has 15 heavy (non-hydrogen) atoms. The molecular weight excluding hydrogens is 215 g/mol. The van der Waals surface area contributed by atoms with E-state index in [1.165, 1.54) is 12.1 Å². The highest BCUT2D eigenvalue weighted by Gasteiger charge is 2.06. The third-order valence-electron chi connectivity index (χ3n) is 2.06. The molecule has 1 aromatic heterocycles. The highest BCUT2D eigenvalue weighted by atomic mass is 35.5. The Morgan fingerprint density at radius 1 is 1.27 bits per heavy atom. The number of hydrogen-bond donors (Lipinski definition) is 0. The third-order valence-corrected chi connectivity index (χ3v) is 2.27. The van der Waals surface area contributed by atoms with Crippen LogP contribution in [0.15, 0.2) is 30.5 Å². The normalized spacial score (nSPS) is 10.3. The van der Waals surface area contributed by atoms with Crippen LogP contribution in [0.3, 0.4) is 0 Å². The lowest BCUT2D eigenvalue weighted by Crippen LogP contribution is -1.92. The zero-order chi connectivity index (χ0) is 10.8. The van der Waals surface area contributed by atoms with E-state index in [0.29, 0.717) is 16.5 Å². The van der Waals surface area contributed by atoms with Crippen molar-refractivity contribution in [2.45, 2.75) is 6.92 Å². The van der Waals surface area contributed by atoms with Gasteiger partial charge in [-0.25, -0.2) is 14.4 Å². The number of benzene rings is 1. The van der Waals surface area contributed by atoms with Gasteiger partial charge in [-0.3, -0.25) is 0 Å². The maximum atomic E-state index is 13.0. The predicted octanol–water partition coefficient (Wildman–Crippen LogP) is 3.24. The molecule has 0 aliphatic rings. The van der Waals surface area contributed by atoms with Crippen LogP contribution in [0.25, 0.3) is 11.4 Å². The van der Waals surface area contributed by atoms with E-state index in [2.05, 4.69) is 9.97 Å². The van der Waals surface area contributed by atoms with Gasteiger partial charge in [0, 0.05) is 11.8 Å². The number of aromatic nitrogens is 2. The zero-order valence-corrected chi connectivity index (χ0v) is 8.79. The van der Waals surface area contributed by atoms with Gasteiger partial charge in [-0.1, -0.05) is 17.7 Å². The zero-order valence-electron chi connectivity index (χ0n) is 8.04. The van der Waals surface area contributed by atoms with Gasteiger partial charge < -0.3 is 0 Å². The minimum Gasteiger partial charge on any atom is -0.236 e. The number of halogens is 2. The van der Waals surface area contributed by atoms with Gasteiger partial charge in [0.25, 0.3) is 0 Å². The summed E-state index contributed by atoms with van der Waals surface area (Å²) in [5, 5.41) is 0.351. The number of hydrogen-bond acceptors (Lipinski definition) is 2. The van der Waals surface area contributed by atoms with Crippen molar-refractivity contribution in [3.63, 3.8) is 0 Å². The van der Waals surface area contributed by atoms with E-state index in [4.69, 9.17) is 11.6 Å². The molecule has 76 valence electrons. The average molecular weight is 223 g/mol. The Kier molecular flexibility index (Phi) is 2.64. The number of rotatable bonds is 1. The van der Waals surface area contributed by atoms with Crippen LogP contribution in [-0.4, -0.2) is 9.97 Å². The van der Waals surface area contributed by atoms with Gasteiger partial charge in [0.05, 0.1) is 0 Å². The molecular formula is C11H8ClFN2. The van der Waals surface area contributed by atoms with E-state index in [0.717, 1.165) is 5.56 Å². The summed E-state index contributed by atoms with van der Waals surface area (Å²) in [4.78, 5) is 8.08. The smallest absolute Gasteiger partial charge is 0.161 e. The van der Waals surface area contributed by atoms with Crippen molar-refractivity contribution < 1.29 is 4.39 Å². The Morgan fingerprint density at radius 2 is 2.07 bits per heavy atom. The molecule has 0 fully saturated rings. The molecule has 2 rings (SSSR count). The van der Waals surface area contributed by atoms with Crippen LogP contribution in [0.1, 0.15) is 5.56 Å². The van der Waals surface area contributed by atoms with Gasteiger partial charge in [-0.05, 0) is 30.7 Å². The molecule has 0 bridgehead atoms. The molecule has 0 spiro atoms. The van der Waals surface area contributed by atoms with E-state index in [-0.39, 0.29) is 5.82 Å². The Morgan fingerprint density at radius 3 is 2.80 bits per heavy atom. The standard InChI is InChI=1S/C11H8ClFN2/c1-7-2-3-8(13)6-9(7)11-14-5-4-10(12)15-11/h2-6H,1H3. The van der Waals surface area contributed by atoms with E-state index >= 15 is 0 Å². The fourth-order valence-electron chi connectivity index (χ4n) is 1.30. The fraction of sp³-hybridized carbons (Fsp3) is 0.0909. The molecule has 0 unspecified atom stereocenters. The van der Waals surface area contributed by atoms with Crippen LogP contribution >= 0.6 is 11.6 Å². The van der Waals surface area contributed by atoms with E-state index < -0.39 is 0 Å². The highest BCUT2D eigenvalue weighted by Crippen LogP contribution is 2.21. The first-order chi connectivity index (χ1) is 7.16. The molecule has 0 aliphatic heterocycles. The van der Waals surface area contributed by atoms with Crippen LogP contribution in [-0.2, 0) is 0 Å². The highest BCUT2D eigenvalue weighted by molar-refractivity contribution is 6.29. The Bertz CT molecular complexity index is 500. The van der Waals surface area contributed by atoms with E-state index in [9.17, 15) is 4.39 Å². The second-order valence-electron chi connectivity index (χ2n) is 3.16. The van der Waals surface area contributed by atoms with E-state index in [1.807, 2.05) is 6.92 Å². The lowest BCUT2D eigenvalue weighted by Gasteiger charge is -2.04.